The standard InChI is InChI=1S/C14H29N3O3Si/c1-4-10(2)9-13(19)15-8-6-5-7-12(14(20)17-21)16-11(3)18/h10,12H,4-9H2,1-3,21H3,(H,15,19)(H,16,18)(H,17,20). The Morgan fingerprint density at radius 1 is 1.19 bits per heavy atom. The van der Waals surface area contributed by atoms with E-state index in [9.17, 15) is 14.4 Å². The first kappa shape index (κ1) is 19.6. The second-order valence-corrected chi connectivity index (χ2v) is 5.93. The van der Waals surface area contributed by atoms with Crippen LogP contribution in [0.5, 0.6) is 0 Å². The molecule has 0 fully saturated rings. The Morgan fingerprint density at radius 3 is 2.38 bits per heavy atom. The summed E-state index contributed by atoms with van der Waals surface area (Å²) in [6, 6.07) is -0.462. The first-order valence-electron chi connectivity index (χ1n) is 7.66. The lowest BCUT2D eigenvalue weighted by Gasteiger charge is -2.16. The summed E-state index contributed by atoms with van der Waals surface area (Å²) in [5, 5.41) is 5.53. The van der Waals surface area contributed by atoms with Crippen LogP contribution in [0, 0.1) is 5.92 Å². The van der Waals surface area contributed by atoms with Crippen LogP contribution in [-0.2, 0) is 14.4 Å². The van der Waals surface area contributed by atoms with Crippen molar-refractivity contribution >= 4 is 28.1 Å². The van der Waals surface area contributed by atoms with Crippen molar-refractivity contribution in [2.24, 2.45) is 5.92 Å². The molecule has 122 valence electrons. The number of hydrogen-bond acceptors (Lipinski definition) is 3. The molecule has 0 aliphatic rings. The monoisotopic (exact) mass is 315 g/mol. The molecule has 0 radical (unpaired) electrons. The average Bonchev–Trinajstić information content (AvgIpc) is 2.44. The summed E-state index contributed by atoms with van der Waals surface area (Å²) in [4.78, 5) is 36.9. The van der Waals surface area contributed by atoms with Gasteiger partial charge in [0.25, 0.3) is 0 Å². The minimum absolute atomic E-state index is 0.0834. The molecule has 0 rings (SSSR count). The van der Waals surface area contributed by atoms with Crippen LogP contribution in [0.1, 0.15) is 52.9 Å². The topological polar surface area (TPSA) is 87.3 Å². The number of carbonyl (C=O) groups excluding carboxylic acids is 3. The zero-order chi connectivity index (χ0) is 16.3. The fraction of sp³-hybridized carbons (Fsp3) is 0.786. The molecule has 0 saturated heterocycles. The van der Waals surface area contributed by atoms with E-state index in [2.05, 4.69) is 29.5 Å². The molecule has 0 aromatic heterocycles. The van der Waals surface area contributed by atoms with Crippen molar-refractivity contribution in [2.75, 3.05) is 6.54 Å². The molecule has 0 saturated carbocycles. The first-order chi connectivity index (χ1) is 9.90. The van der Waals surface area contributed by atoms with Gasteiger partial charge >= 0.3 is 0 Å². The first-order valence-corrected chi connectivity index (χ1v) is 8.66. The second kappa shape index (κ2) is 11.3. The summed E-state index contributed by atoms with van der Waals surface area (Å²) in [5.41, 5.74) is 0. The van der Waals surface area contributed by atoms with E-state index >= 15 is 0 Å². The highest BCUT2D eigenvalue weighted by Gasteiger charge is 2.17. The Balaban J connectivity index is 3.87. The van der Waals surface area contributed by atoms with Gasteiger partial charge in [0, 0.05) is 19.9 Å². The molecule has 21 heavy (non-hydrogen) atoms. The van der Waals surface area contributed by atoms with E-state index in [1.54, 1.807) is 0 Å². The van der Waals surface area contributed by atoms with Crippen LogP contribution in [-0.4, -0.2) is 40.7 Å². The van der Waals surface area contributed by atoms with Crippen LogP contribution >= 0.6 is 0 Å². The van der Waals surface area contributed by atoms with E-state index in [1.165, 1.54) is 6.92 Å². The van der Waals surface area contributed by atoms with Crippen molar-refractivity contribution in [1.82, 2.24) is 15.6 Å². The molecule has 0 bridgehead atoms. The van der Waals surface area contributed by atoms with Crippen molar-refractivity contribution in [3.8, 4) is 0 Å². The Bertz CT molecular complexity index is 350. The van der Waals surface area contributed by atoms with E-state index in [0.29, 0.717) is 35.7 Å². The number of hydrogen-bond donors (Lipinski definition) is 3. The zero-order valence-corrected chi connectivity index (χ0v) is 15.6. The number of unbranched alkanes of at least 4 members (excludes halogenated alkanes) is 1. The van der Waals surface area contributed by atoms with Crippen molar-refractivity contribution in [2.45, 2.75) is 58.9 Å². The summed E-state index contributed by atoms with van der Waals surface area (Å²) in [6.45, 7) is 6.15. The molecule has 0 heterocycles. The van der Waals surface area contributed by atoms with Crippen molar-refractivity contribution in [3.05, 3.63) is 0 Å². The Hall–Kier alpha value is -1.37. The molecule has 0 spiro atoms. The van der Waals surface area contributed by atoms with Crippen molar-refractivity contribution < 1.29 is 14.4 Å². The molecule has 6 nitrogen and oxygen atoms in total. The Labute approximate surface area is 130 Å². The lowest BCUT2D eigenvalue weighted by Crippen LogP contribution is -2.45. The Morgan fingerprint density at radius 2 is 1.86 bits per heavy atom. The molecular formula is C14H29N3O3Si. The minimum Gasteiger partial charge on any atom is -0.389 e. The fourth-order valence-electron chi connectivity index (χ4n) is 1.92. The molecule has 0 aromatic rings. The molecule has 3 N–H and O–H groups in total. The van der Waals surface area contributed by atoms with Gasteiger partial charge in [0.1, 0.15) is 16.4 Å². The molecule has 0 aromatic carbocycles. The third kappa shape index (κ3) is 10.1. The SMILES string of the molecule is CCC(C)CC(=O)NCCCCC(NC(C)=O)C(=O)N[SiH3]. The van der Waals surface area contributed by atoms with E-state index < -0.39 is 6.04 Å². The van der Waals surface area contributed by atoms with Gasteiger partial charge in [0.2, 0.25) is 17.7 Å². The van der Waals surface area contributed by atoms with Crippen LogP contribution in [0.4, 0.5) is 0 Å². The maximum absolute atomic E-state index is 11.6. The molecule has 2 atom stereocenters. The summed E-state index contributed by atoms with van der Waals surface area (Å²) >= 11 is 0. The van der Waals surface area contributed by atoms with E-state index in [1.807, 2.05) is 0 Å². The van der Waals surface area contributed by atoms with E-state index in [4.69, 9.17) is 0 Å². The van der Waals surface area contributed by atoms with Crippen LogP contribution in [0.2, 0.25) is 0 Å². The van der Waals surface area contributed by atoms with Crippen LogP contribution < -0.4 is 15.6 Å². The fourth-order valence-corrected chi connectivity index (χ4v) is 2.27. The third-order valence-corrected chi connectivity index (χ3v) is 3.91. The van der Waals surface area contributed by atoms with Crippen LogP contribution in [0.3, 0.4) is 0 Å². The van der Waals surface area contributed by atoms with Gasteiger partial charge in [-0.15, -0.1) is 0 Å². The van der Waals surface area contributed by atoms with Gasteiger partial charge in [-0.3, -0.25) is 14.4 Å². The quantitative estimate of drug-likeness (QED) is 0.379. The number of amides is 3. The van der Waals surface area contributed by atoms with Gasteiger partial charge in [0.15, 0.2) is 0 Å². The van der Waals surface area contributed by atoms with Crippen LogP contribution in [0.25, 0.3) is 0 Å². The van der Waals surface area contributed by atoms with Gasteiger partial charge in [-0.05, 0) is 25.2 Å². The molecule has 0 aliphatic carbocycles. The van der Waals surface area contributed by atoms with Gasteiger partial charge in [-0.1, -0.05) is 20.3 Å². The zero-order valence-electron chi connectivity index (χ0n) is 13.6. The van der Waals surface area contributed by atoms with Gasteiger partial charge in [-0.2, -0.15) is 0 Å². The summed E-state index contributed by atoms with van der Waals surface area (Å²) in [5.74, 6) is 0.163. The predicted octanol–water partition coefficient (Wildman–Crippen LogP) is -0.390. The summed E-state index contributed by atoms with van der Waals surface area (Å²) in [7, 11) is 0.569. The van der Waals surface area contributed by atoms with Crippen LogP contribution in [0.15, 0.2) is 0 Å². The maximum atomic E-state index is 11.6. The maximum Gasteiger partial charge on any atom is 0.234 e. The van der Waals surface area contributed by atoms with Gasteiger partial charge < -0.3 is 15.6 Å². The normalized spacial score (nSPS) is 13.3. The summed E-state index contributed by atoms with van der Waals surface area (Å²) in [6.07, 6.45) is 3.74. The molecule has 2 unspecified atom stereocenters. The highest BCUT2D eigenvalue weighted by atomic mass is 28.2. The van der Waals surface area contributed by atoms with E-state index in [0.717, 1.165) is 19.3 Å². The lowest BCUT2D eigenvalue weighted by atomic mass is 10.0. The van der Waals surface area contributed by atoms with Crippen molar-refractivity contribution in [1.29, 1.82) is 0 Å². The third-order valence-electron chi connectivity index (χ3n) is 3.41. The van der Waals surface area contributed by atoms with Gasteiger partial charge in [0.05, 0.1) is 0 Å². The lowest BCUT2D eigenvalue weighted by molar-refractivity contribution is -0.127. The van der Waals surface area contributed by atoms with Gasteiger partial charge in [-0.25, -0.2) is 0 Å². The molecule has 7 heteroatoms. The largest absolute Gasteiger partial charge is 0.389 e. The highest BCUT2D eigenvalue weighted by Crippen LogP contribution is 2.06. The van der Waals surface area contributed by atoms with E-state index in [-0.39, 0.29) is 17.7 Å². The average molecular weight is 315 g/mol. The van der Waals surface area contributed by atoms with Crippen molar-refractivity contribution in [3.63, 3.8) is 0 Å². The minimum atomic E-state index is -0.462. The summed E-state index contributed by atoms with van der Waals surface area (Å²) < 4.78 is 0. The molecular weight excluding hydrogens is 286 g/mol. The number of nitrogens with one attached hydrogen (secondary N) is 3. The smallest absolute Gasteiger partial charge is 0.234 e. The predicted molar refractivity (Wildman–Crippen MR) is 86.6 cm³/mol. The highest BCUT2D eigenvalue weighted by molar-refractivity contribution is 6.15. The molecule has 0 aliphatic heterocycles. The second-order valence-electron chi connectivity index (χ2n) is 5.43. The number of rotatable bonds is 10. The Kier molecular flexibility index (Phi) is 10.6. The molecule has 3 amide bonds. The number of carbonyl (C=O) groups is 3.